The van der Waals surface area contributed by atoms with E-state index in [0.717, 1.165) is 32.6 Å². The van der Waals surface area contributed by atoms with Gasteiger partial charge in [-0.05, 0) is 30.5 Å². The Labute approximate surface area is 121 Å². The Morgan fingerprint density at radius 3 is 2.70 bits per heavy atom. The molecule has 0 radical (unpaired) electrons. The van der Waals surface area contributed by atoms with Gasteiger partial charge in [-0.25, -0.2) is 0 Å². The summed E-state index contributed by atoms with van der Waals surface area (Å²) in [6, 6.07) is 8.35. The number of nitrogens with one attached hydrogen (secondary N) is 1. The van der Waals surface area contributed by atoms with Crippen LogP contribution in [0.5, 0.6) is 0 Å². The average molecular weight is 276 g/mol. The van der Waals surface area contributed by atoms with Crippen molar-refractivity contribution >= 4 is 11.6 Å². The molecular weight excluding hydrogens is 252 g/mol. The number of rotatable bonds is 6. The number of aryl methyl sites for hydroxylation is 1. The van der Waals surface area contributed by atoms with E-state index < -0.39 is 0 Å². The first-order valence-electron chi connectivity index (χ1n) is 7.26. The van der Waals surface area contributed by atoms with Gasteiger partial charge < -0.3 is 15.0 Å². The molecule has 1 fully saturated rings. The quantitative estimate of drug-likeness (QED) is 0.862. The van der Waals surface area contributed by atoms with E-state index in [1.54, 1.807) is 0 Å². The van der Waals surface area contributed by atoms with Crippen molar-refractivity contribution in [3.05, 3.63) is 29.8 Å². The molecule has 1 saturated heterocycles. The molecule has 0 aromatic heterocycles. The van der Waals surface area contributed by atoms with Gasteiger partial charge in [0.2, 0.25) is 5.91 Å². The Kier molecular flexibility index (Phi) is 5.41. The van der Waals surface area contributed by atoms with E-state index in [-0.39, 0.29) is 5.91 Å². The Morgan fingerprint density at radius 1 is 1.35 bits per heavy atom. The van der Waals surface area contributed by atoms with Gasteiger partial charge in [-0.2, -0.15) is 0 Å². The molecule has 4 nitrogen and oxygen atoms in total. The van der Waals surface area contributed by atoms with Crippen molar-refractivity contribution in [1.29, 1.82) is 0 Å². The highest BCUT2D eigenvalue weighted by molar-refractivity contribution is 5.76. The van der Waals surface area contributed by atoms with Crippen LogP contribution in [0.15, 0.2) is 24.3 Å². The van der Waals surface area contributed by atoms with Crippen LogP contribution in [-0.2, 0) is 16.0 Å². The van der Waals surface area contributed by atoms with Crippen molar-refractivity contribution in [2.24, 2.45) is 5.92 Å². The van der Waals surface area contributed by atoms with Crippen LogP contribution in [0.2, 0.25) is 0 Å². The molecule has 1 aliphatic heterocycles. The molecule has 2 rings (SSSR count). The zero-order chi connectivity index (χ0) is 14.4. The van der Waals surface area contributed by atoms with Gasteiger partial charge in [0.05, 0.1) is 6.61 Å². The number of hydrogen-bond donors (Lipinski definition) is 1. The summed E-state index contributed by atoms with van der Waals surface area (Å²) in [5.41, 5.74) is 2.38. The lowest BCUT2D eigenvalue weighted by molar-refractivity contribution is -0.121. The number of anilines is 1. The van der Waals surface area contributed by atoms with Gasteiger partial charge in [0.1, 0.15) is 0 Å². The summed E-state index contributed by atoms with van der Waals surface area (Å²) in [4.78, 5) is 13.9. The summed E-state index contributed by atoms with van der Waals surface area (Å²) in [5, 5.41) is 3.00. The van der Waals surface area contributed by atoms with E-state index in [1.807, 2.05) is 14.1 Å². The van der Waals surface area contributed by atoms with Crippen molar-refractivity contribution in [2.75, 3.05) is 38.8 Å². The molecule has 0 bridgehead atoms. The summed E-state index contributed by atoms with van der Waals surface area (Å²) in [7, 11) is 4.05. The standard InChI is InChI=1S/C16H24N2O2/c1-18(2)15-6-3-13(4-7-15)5-8-16(19)17-11-14-9-10-20-12-14/h3-4,6-7,14H,5,8-12H2,1-2H3,(H,17,19)/t14-/m0/s1. The first-order valence-corrected chi connectivity index (χ1v) is 7.26. The summed E-state index contributed by atoms with van der Waals surface area (Å²) in [5.74, 6) is 0.631. The summed E-state index contributed by atoms with van der Waals surface area (Å²) >= 11 is 0. The van der Waals surface area contributed by atoms with Gasteiger partial charge >= 0.3 is 0 Å². The van der Waals surface area contributed by atoms with Gasteiger partial charge in [0, 0.05) is 45.3 Å². The molecule has 1 N–H and O–H groups in total. The molecule has 110 valence electrons. The second-order valence-electron chi connectivity index (χ2n) is 5.59. The van der Waals surface area contributed by atoms with E-state index in [9.17, 15) is 4.79 Å². The molecule has 4 heteroatoms. The van der Waals surface area contributed by atoms with Crippen LogP contribution in [0.4, 0.5) is 5.69 Å². The summed E-state index contributed by atoms with van der Waals surface area (Å²) in [6.45, 7) is 2.36. The Bertz CT molecular complexity index is 423. The van der Waals surface area contributed by atoms with Gasteiger partial charge in [0.25, 0.3) is 0 Å². The third kappa shape index (κ3) is 4.53. The monoisotopic (exact) mass is 276 g/mol. The molecule has 1 heterocycles. The SMILES string of the molecule is CN(C)c1ccc(CCC(=O)NC[C@@H]2CCOC2)cc1. The molecule has 1 atom stereocenters. The lowest BCUT2D eigenvalue weighted by Gasteiger charge is -2.13. The van der Waals surface area contributed by atoms with E-state index in [0.29, 0.717) is 12.3 Å². The average Bonchev–Trinajstić information content (AvgIpc) is 2.96. The van der Waals surface area contributed by atoms with Gasteiger partial charge in [-0.3, -0.25) is 4.79 Å². The molecule has 20 heavy (non-hydrogen) atoms. The molecule has 1 aromatic rings. The minimum Gasteiger partial charge on any atom is -0.381 e. The molecule has 1 aromatic carbocycles. The fourth-order valence-electron chi connectivity index (χ4n) is 2.31. The zero-order valence-electron chi connectivity index (χ0n) is 12.4. The van der Waals surface area contributed by atoms with Gasteiger partial charge in [-0.1, -0.05) is 12.1 Å². The third-order valence-electron chi connectivity index (χ3n) is 3.71. The first-order chi connectivity index (χ1) is 9.65. The third-order valence-corrected chi connectivity index (χ3v) is 3.71. The molecule has 0 saturated carbocycles. The normalized spacial score (nSPS) is 18.0. The summed E-state index contributed by atoms with van der Waals surface area (Å²) in [6.07, 6.45) is 2.40. The molecule has 1 aliphatic rings. The number of ether oxygens (including phenoxy) is 1. The lowest BCUT2D eigenvalue weighted by atomic mass is 10.1. The van der Waals surface area contributed by atoms with Crippen molar-refractivity contribution in [2.45, 2.75) is 19.3 Å². The van der Waals surface area contributed by atoms with Crippen molar-refractivity contribution in [3.63, 3.8) is 0 Å². The van der Waals surface area contributed by atoms with Crippen LogP contribution in [0.3, 0.4) is 0 Å². The molecule has 0 aliphatic carbocycles. The van der Waals surface area contributed by atoms with E-state index >= 15 is 0 Å². The lowest BCUT2D eigenvalue weighted by Crippen LogP contribution is -2.29. The molecular formula is C16H24N2O2. The fourth-order valence-corrected chi connectivity index (χ4v) is 2.31. The zero-order valence-corrected chi connectivity index (χ0v) is 12.4. The Morgan fingerprint density at radius 2 is 2.10 bits per heavy atom. The van der Waals surface area contributed by atoms with Crippen molar-refractivity contribution in [1.82, 2.24) is 5.32 Å². The second-order valence-corrected chi connectivity index (χ2v) is 5.59. The maximum atomic E-state index is 11.8. The maximum absolute atomic E-state index is 11.8. The first kappa shape index (κ1) is 14.9. The van der Waals surface area contributed by atoms with Gasteiger partial charge in [0.15, 0.2) is 0 Å². The Balaban J connectivity index is 1.69. The van der Waals surface area contributed by atoms with Crippen LogP contribution in [0.1, 0.15) is 18.4 Å². The minimum absolute atomic E-state index is 0.133. The van der Waals surface area contributed by atoms with Crippen LogP contribution in [0, 0.1) is 5.92 Å². The summed E-state index contributed by atoms with van der Waals surface area (Å²) < 4.78 is 5.29. The van der Waals surface area contributed by atoms with Gasteiger partial charge in [-0.15, -0.1) is 0 Å². The van der Waals surface area contributed by atoms with Crippen molar-refractivity contribution in [3.8, 4) is 0 Å². The van der Waals surface area contributed by atoms with E-state index in [4.69, 9.17) is 4.74 Å². The molecule has 0 unspecified atom stereocenters. The topological polar surface area (TPSA) is 41.6 Å². The van der Waals surface area contributed by atoms with Crippen LogP contribution < -0.4 is 10.2 Å². The number of carbonyl (C=O) groups excluding carboxylic acids is 1. The predicted molar refractivity (Wildman–Crippen MR) is 81.0 cm³/mol. The predicted octanol–water partition coefficient (Wildman–Crippen LogP) is 1.84. The molecule has 1 amide bonds. The number of nitrogens with zero attached hydrogens (tertiary/aromatic N) is 1. The number of hydrogen-bond acceptors (Lipinski definition) is 3. The number of carbonyl (C=O) groups is 1. The Hall–Kier alpha value is -1.55. The number of benzene rings is 1. The van der Waals surface area contributed by atoms with Crippen LogP contribution >= 0.6 is 0 Å². The number of amides is 1. The fraction of sp³-hybridized carbons (Fsp3) is 0.562. The van der Waals surface area contributed by atoms with E-state index in [1.165, 1.54) is 11.3 Å². The minimum atomic E-state index is 0.133. The van der Waals surface area contributed by atoms with Crippen LogP contribution in [-0.4, -0.2) is 39.8 Å². The maximum Gasteiger partial charge on any atom is 0.220 e. The molecule has 0 spiro atoms. The van der Waals surface area contributed by atoms with Crippen LogP contribution in [0.25, 0.3) is 0 Å². The second kappa shape index (κ2) is 7.29. The van der Waals surface area contributed by atoms with Crippen molar-refractivity contribution < 1.29 is 9.53 Å². The smallest absolute Gasteiger partial charge is 0.220 e. The van der Waals surface area contributed by atoms with E-state index in [2.05, 4.69) is 34.5 Å². The highest BCUT2D eigenvalue weighted by atomic mass is 16.5. The highest BCUT2D eigenvalue weighted by Gasteiger charge is 2.16. The largest absolute Gasteiger partial charge is 0.381 e. The highest BCUT2D eigenvalue weighted by Crippen LogP contribution is 2.14.